The smallest absolute Gasteiger partial charge is 0.0726 e. The van der Waals surface area contributed by atoms with Gasteiger partial charge in [0.1, 0.15) is 0 Å². The summed E-state index contributed by atoms with van der Waals surface area (Å²) in [6.07, 6.45) is 8.85. The first kappa shape index (κ1) is 9.86. The molecule has 3 heteroatoms. The molecule has 0 radical (unpaired) electrons. The Bertz CT molecular complexity index is 415. The minimum atomic E-state index is 0.652. The molecule has 4 bridgehead atoms. The topological polar surface area (TPSA) is 51.8 Å². The van der Waals surface area contributed by atoms with Crippen LogP contribution in [0.25, 0.3) is 0 Å². The summed E-state index contributed by atoms with van der Waals surface area (Å²) in [4.78, 5) is 0. The van der Waals surface area contributed by atoms with Crippen molar-refractivity contribution in [2.24, 2.45) is 23.7 Å². The van der Waals surface area contributed by atoms with Gasteiger partial charge in [0.2, 0.25) is 0 Å². The molecule has 2 N–H and O–H groups in total. The van der Waals surface area contributed by atoms with E-state index in [0.29, 0.717) is 5.92 Å². The van der Waals surface area contributed by atoms with E-state index in [2.05, 4.69) is 16.3 Å². The van der Waals surface area contributed by atoms with Gasteiger partial charge in [-0.1, -0.05) is 0 Å². The fraction of sp³-hybridized carbons (Fsp3) is 0.714. The monoisotopic (exact) mass is 229 g/mol. The van der Waals surface area contributed by atoms with Crippen molar-refractivity contribution in [3.8, 4) is 0 Å². The molecule has 4 aliphatic carbocycles. The Morgan fingerprint density at radius 1 is 1.00 bits per heavy atom. The number of nitrogen functional groups attached to an aromatic ring is 1. The average Bonchev–Trinajstić information content (AvgIpc) is 2.27. The zero-order valence-electron chi connectivity index (χ0n) is 10.0. The van der Waals surface area contributed by atoms with Crippen LogP contribution in [-0.4, -0.2) is 10.2 Å². The molecule has 1 aromatic rings. The highest BCUT2D eigenvalue weighted by atomic mass is 15.1. The van der Waals surface area contributed by atoms with E-state index in [1.165, 1.54) is 37.8 Å². The normalized spacial score (nSPS) is 42.9. The van der Waals surface area contributed by atoms with E-state index in [1.807, 2.05) is 0 Å². The van der Waals surface area contributed by atoms with Crippen LogP contribution in [-0.2, 0) is 0 Å². The largest absolute Gasteiger partial charge is 0.397 e. The Balaban J connectivity index is 1.70. The molecule has 4 aliphatic rings. The summed E-state index contributed by atoms with van der Waals surface area (Å²) < 4.78 is 0. The van der Waals surface area contributed by atoms with Crippen molar-refractivity contribution >= 4 is 5.69 Å². The highest BCUT2D eigenvalue weighted by Gasteiger charge is 2.49. The van der Waals surface area contributed by atoms with Crippen LogP contribution in [0.4, 0.5) is 5.69 Å². The third kappa shape index (κ3) is 1.48. The number of aromatic nitrogens is 2. The molecule has 0 atom stereocenters. The van der Waals surface area contributed by atoms with Crippen molar-refractivity contribution < 1.29 is 0 Å². The summed E-state index contributed by atoms with van der Waals surface area (Å²) in [6, 6.07) is 2.06. The fourth-order valence-corrected chi connectivity index (χ4v) is 4.97. The summed E-state index contributed by atoms with van der Waals surface area (Å²) in [7, 11) is 0. The predicted octanol–water partition coefficient (Wildman–Crippen LogP) is 2.60. The van der Waals surface area contributed by atoms with Crippen molar-refractivity contribution in [1.82, 2.24) is 10.2 Å². The second-order valence-electron chi connectivity index (χ2n) is 6.37. The quantitative estimate of drug-likeness (QED) is 0.805. The van der Waals surface area contributed by atoms with Crippen LogP contribution in [0.3, 0.4) is 0 Å². The van der Waals surface area contributed by atoms with Crippen LogP contribution in [0, 0.1) is 23.7 Å². The lowest BCUT2D eigenvalue weighted by molar-refractivity contribution is -0.00440. The Morgan fingerprint density at radius 3 is 2.24 bits per heavy atom. The minimum Gasteiger partial charge on any atom is -0.397 e. The van der Waals surface area contributed by atoms with E-state index in [1.54, 1.807) is 6.20 Å². The molecule has 0 aliphatic heterocycles. The lowest BCUT2D eigenvalue weighted by Gasteiger charge is -2.54. The van der Waals surface area contributed by atoms with Gasteiger partial charge >= 0.3 is 0 Å². The van der Waals surface area contributed by atoms with Crippen molar-refractivity contribution in [3.63, 3.8) is 0 Å². The Labute approximate surface area is 102 Å². The molecule has 1 aromatic heterocycles. The molecule has 17 heavy (non-hydrogen) atoms. The third-order valence-electron chi connectivity index (χ3n) is 5.26. The summed E-state index contributed by atoms with van der Waals surface area (Å²) >= 11 is 0. The van der Waals surface area contributed by atoms with Crippen molar-refractivity contribution in [3.05, 3.63) is 18.0 Å². The number of hydrogen-bond donors (Lipinski definition) is 1. The van der Waals surface area contributed by atoms with E-state index in [9.17, 15) is 0 Å². The van der Waals surface area contributed by atoms with Crippen LogP contribution >= 0.6 is 0 Å². The first-order chi connectivity index (χ1) is 8.29. The van der Waals surface area contributed by atoms with Crippen LogP contribution in [0.5, 0.6) is 0 Å². The maximum Gasteiger partial charge on any atom is 0.0726 e. The van der Waals surface area contributed by atoms with E-state index in [4.69, 9.17) is 5.73 Å². The first-order valence-corrected chi connectivity index (χ1v) is 6.87. The highest BCUT2D eigenvalue weighted by Crippen LogP contribution is 2.59. The van der Waals surface area contributed by atoms with Gasteiger partial charge in [-0.3, -0.25) is 0 Å². The lowest BCUT2D eigenvalue weighted by Crippen LogP contribution is -2.44. The molecule has 90 valence electrons. The molecule has 4 fully saturated rings. The molecule has 4 saturated carbocycles. The van der Waals surface area contributed by atoms with Gasteiger partial charge in [0.05, 0.1) is 17.6 Å². The van der Waals surface area contributed by atoms with Crippen molar-refractivity contribution in [2.75, 3.05) is 5.73 Å². The Kier molecular flexibility index (Phi) is 1.99. The highest BCUT2D eigenvalue weighted by molar-refractivity contribution is 5.36. The van der Waals surface area contributed by atoms with E-state index >= 15 is 0 Å². The molecule has 3 nitrogen and oxygen atoms in total. The second kappa shape index (κ2) is 3.44. The minimum absolute atomic E-state index is 0.652. The summed E-state index contributed by atoms with van der Waals surface area (Å²) in [5.41, 5.74) is 7.78. The summed E-state index contributed by atoms with van der Waals surface area (Å²) in [5.74, 6) is 4.41. The van der Waals surface area contributed by atoms with E-state index in [-0.39, 0.29) is 0 Å². The number of rotatable bonds is 1. The molecule has 0 aromatic carbocycles. The van der Waals surface area contributed by atoms with Gasteiger partial charge in [-0.05, 0) is 61.8 Å². The van der Waals surface area contributed by atoms with Gasteiger partial charge in [-0.25, -0.2) is 0 Å². The number of nitrogens with two attached hydrogens (primary N) is 1. The van der Waals surface area contributed by atoms with E-state index in [0.717, 1.165) is 29.4 Å². The molecule has 1 heterocycles. The molecule has 0 saturated heterocycles. The van der Waals surface area contributed by atoms with Crippen LogP contribution in [0.15, 0.2) is 12.3 Å². The Morgan fingerprint density at radius 2 is 1.65 bits per heavy atom. The van der Waals surface area contributed by atoms with Crippen molar-refractivity contribution in [1.29, 1.82) is 0 Å². The third-order valence-corrected chi connectivity index (χ3v) is 5.26. The maximum absolute atomic E-state index is 5.85. The fourth-order valence-electron chi connectivity index (χ4n) is 4.97. The lowest BCUT2D eigenvalue weighted by atomic mass is 9.51. The van der Waals surface area contributed by atoms with Crippen molar-refractivity contribution in [2.45, 2.75) is 38.0 Å². The Hall–Kier alpha value is -1.12. The van der Waals surface area contributed by atoms with Gasteiger partial charge in [0.15, 0.2) is 0 Å². The molecule has 5 rings (SSSR count). The molecule has 0 amide bonds. The van der Waals surface area contributed by atoms with Gasteiger partial charge in [0.25, 0.3) is 0 Å². The SMILES string of the molecule is Nc1cnnc(C2C3CC4CC(C3)CC2C4)c1. The molecule has 0 unspecified atom stereocenters. The zero-order valence-corrected chi connectivity index (χ0v) is 10.0. The molecule has 0 spiro atoms. The van der Waals surface area contributed by atoms with Crippen LogP contribution in [0.2, 0.25) is 0 Å². The number of anilines is 1. The van der Waals surface area contributed by atoms with Gasteiger partial charge in [0, 0.05) is 5.92 Å². The summed E-state index contributed by atoms with van der Waals surface area (Å²) in [5, 5.41) is 8.40. The summed E-state index contributed by atoms with van der Waals surface area (Å²) in [6.45, 7) is 0. The second-order valence-corrected chi connectivity index (χ2v) is 6.37. The van der Waals surface area contributed by atoms with E-state index < -0.39 is 0 Å². The van der Waals surface area contributed by atoms with Gasteiger partial charge in [-0.15, -0.1) is 0 Å². The van der Waals surface area contributed by atoms with Gasteiger partial charge in [-0.2, -0.15) is 10.2 Å². The zero-order chi connectivity index (χ0) is 11.4. The van der Waals surface area contributed by atoms with Crippen LogP contribution < -0.4 is 5.73 Å². The number of hydrogen-bond acceptors (Lipinski definition) is 3. The number of nitrogens with zero attached hydrogens (tertiary/aromatic N) is 2. The predicted molar refractivity (Wildman–Crippen MR) is 66.2 cm³/mol. The van der Waals surface area contributed by atoms with Crippen LogP contribution in [0.1, 0.15) is 43.7 Å². The average molecular weight is 229 g/mol. The standard InChI is InChI=1S/C14H19N3/c15-12-6-13(17-16-7-12)14-10-2-8-1-9(4-10)5-11(14)3-8/h6-11,14H,1-5H2,(H2,15,17). The molecular formula is C14H19N3. The molecular weight excluding hydrogens is 210 g/mol. The maximum atomic E-state index is 5.85. The first-order valence-electron chi connectivity index (χ1n) is 6.87. The van der Waals surface area contributed by atoms with Gasteiger partial charge < -0.3 is 5.73 Å².